The predicted molar refractivity (Wildman–Crippen MR) is 121 cm³/mol. The van der Waals surface area contributed by atoms with Crippen molar-refractivity contribution in [3.05, 3.63) is 95.2 Å². The number of benzene rings is 3. The lowest BCUT2D eigenvalue weighted by molar-refractivity contribution is -0.113. The van der Waals surface area contributed by atoms with E-state index in [1.54, 1.807) is 55.7 Å². The minimum Gasteiger partial charge on any atom is -0.493 e. The smallest absolute Gasteiger partial charge is 0.272 e. The van der Waals surface area contributed by atoms with Gasteiger partial charge in [-0.15, -0.1) is 0 Å². The summed E-state index contributed by atoms with van der Waals surface area (Å²) in [4.78, 5) is 25.7. The molecule has 0 aliphatic rings. The average molecular weight is 416 g/mol. The Hall–Kier alpha value is -4.06. The molecule has 2 N–H and O–H groups in total. The molecule has 0 bridgehead atoms. The Kier molecular flexibility index (Phi) is 7.06. The Morgan fingerprint density at radius 1 is 0.839 bits per heavy atom. The van der Waals surface area contributed by atoms with Crippen molar-refractivity contribution >= 4 is 23.6 Å². The molecule has 0 saturated heterocycles. The minimum absolute atomic E-state index is 0.0987. The molecule has 158 valence electrons. The fraction of sp³-hybridized carbons (Fsp3) is 0.120. The third kappa shape index (κ3) is 5.73. The molecule has 0 heterocycles. The molecule has 2 amide bonds. The molecule has 0 aliphatic carbocycles. The lowest BCUT2D eigenvalue weighted by atomic mass is 10.1. The SMILES string of the molecule is COc1ccc(/C=C(\NC(=O)c2ccc(C)cc2)C(=O)Nc2ccccc2)cc1OC. The molecule has 31 heavy (non-hydrogen) atoms. The van der Waals surface area contributed by atoms with E-state index in [2.05, 4.69) is 10.6 Å². The normalized spacial score (nSPS) is 10.9. The molecule has 6 heteroatoms. The second-order valence-corrected chi connectivity index (χ2v) is 6.81. The van der Waals surface area contributed by atoms with Crippen LogP contribution in [0, 0.1) is 6.92 Å². The van der Waals surface area contributed by atoms with Crippen molar-refractivity contribution in [2.24, 2.45) is 0 Å². The van der Waals surface area contributed by atoms with Crippen LogP contribution in [0.4, 0.5) is 5.69 Å². The van der Waals surface area contributed by atoms with Gasteiger partial charge in [-0.25, -0.2) is 0 Å². The monoisotopic (exact) mass is 416 g/mol. The van der Waals surface area contributed by atoms with Crippen LogP contribution < -0.4 is 20.1 Å². The van der Waals surface area contributed by atoms with Crippen LogP contribution in [0.15, 0.2) is 78.5 Å². The summed E-state index contributed by atoms with van der Waals surface area (Å²) >= 11 is 0. The summed E-state index contributed by atoms with van der Waals surface area (Å²) in [5, 5.41) is 5.53. The van der Waals surface area contributed by atoms with Crippen LogP contribution in [0.2, 0.25) is 0 Å². The van der Waals surface area contributed by atoms with E-state index in [-0.39, 0.29) is 11.6 Å². The molecule has 0 saturated carbocycles. The van der Waals surface area contributed by atoms with Gasteiger partial charge in [-0.2, -0.15) is 0 Å². The first kappa shape index (κ1) is 21.6. The van der Waals surface area contributed by atoms with E-state index in [1.807, 2.05) is 37.3 Å². The maximum absolute atomic E-state index is 13.0. The summed E-state index contributed by atoms with van der Waals surface area (Å²) in [5.41, 5.74) is 2.88. The lowest BCUT2D eigenvalue weighted by Gasteiger charge is -2.12. The number of rotatable bonds is 7. The van der Waals surface area contributed by atoms with Crippen LogP contribution in [-0.4, -0.2) is 26.0 Å². The van der Waals surface area contributed by atoms with Gasteiger partial charge in [0.25, 0.3) is 11.8 Å². The number of anilines is 1. The summed E-state index contributed by atoms with van der Waals surface area (Å²) in [6.07, 6.45) is 1.59. The van der Waals surface area contributed by atoms with Gasteiger partial charge in [0.1, 0.15) is 5.70 Å². The Balaban J connectivity index is 1.93. The van der Waals surface area contributed by atoms with Gasteiger partial charge in [0.2, 0.25) is 0 Å². The molecule has 3 aromatic rings. The number of methoxy groups -OCH3 is 2. The summed E-state index contributed by atoms with van der Waals surface area (Å²) in [5.74, 6) is 0.263. The number of nitrogens with one attached hydrogen (secondary N) is 2. The molecule has 0 aromatic heterocycles. The molecule has 0 atom stereocenters. The lowest BCUT2D eigenvalue weighted by Crippen LogP contribution is -2.30. The fourth-order valence-electron chi connectivity index (χ4n) is 2.89. The minimum atomic E-state index is -0.443. The van der Waals surface area contributed by atoms with Gasteiger partial charge in [0.15, 0.2) is 11.5 Å². The predicted octanol–water partition coefficient (Wildman–Crippen LogP) is 4.42. The molecule has 0 fully saturated rings. The van der Waals surface area contributed by atoms with Crippen molar-refractivity contribution < 1.29 is 19.1 Å². The van der Waals surface area contributed by atoms with Gasteiger partial charge >= 0.3 is 0 Å². The summed E-state index contributed by atoms with van der Waals surface area (Å²) in [7, 11) is 3.08. The van der Waals surface area contributed by atoms with Crippen LogP contribution in [0.1, 0.15) is 21.5 Å². The third-order valence-corrected chi connectivity index (χ3v) is 4.56. The Labute approximate surface area is 181 Å². The Morgan fingerprint density at radius 3 is 2.16 bits per heavy atom. The number of amides is 2. The summed E-state index contributed by atoms with van der Waals surface area (Å²) in [6.45, 7) is 1.94. The maximum Gasteiger partial charge on any atom is 0.272 e. The maximum atomic E-state index is 13.0. The molecular weight excluding hydrogens is 392 g/mol. The topological polar surface area (TPSA) is 76.7 Å². The van der Waals surface area contributed by atoms with Gasteiger partial charge in [0, 0.05) is 11.3 Å². The van der Waals surface area contributed by atoms with Crippen LogP contribution in [0.5, 0.6) is 11.5 Å². The number of ether oxygens (including phenoxy) is 2. The quantitative estimate of drug-likeness (QED) is 0.559. The first-order chi connectivity index (χ1) is 15.0. The fourth-order valence-corrected chi connectivity index (χ4v) is 2.89. The first-order valence-corrected chi connectivity index (χ1v) is 9.68. The molecule has 3 aromatic carbocycles. The van der Waals surface area contributed by atoms with E-state index < -0.39 is 5.91 Å². The van der Waals surface area contributed by atoms with E-state index in [0.717, 1.165) is 5.56 Å². The van der Waals surface area contributed by atoms with Crippen LogP contribution in [-0.2, 0) is 4.79 Å². The van der Waals surface area contributed by atoms with Gasteiger partial charge < -0.3 is 20.1 Å². The van der Waals surface area contributed by atoms with Gasteiger partial charge in [-0.1, -0.05) is 42.0 Å². The van der Waals surface area contributed by atoms with Crippen molar-refractivity contribution in [2.75, 3.05) is 19.5 Å². The summed E-state index contributed by atoms with van der Waals surface area (Å²) in [6, 6.07) is 21.4. The molecule has 0 spiro atoms. The zero-order valence-corrected chi connectivity index (χ0v) is 17.6. The molecular formula is C25H24N2O4. The van der Waals surface area contributed by atoms with E-state index in [0.29, 0.717) is 28.3 Å². The van der Waals surface area contributed by atoms with E-state index in [1.165, 1.54) is 7.11 Å². The van der Waals surface area contributed by atoms with E-state index in [9.17, 15) is 9.59 Å². The van der Waals surface area contributed by atoms with Crippen molar-refractivity contribution in [1.82, 2.24) is 5.32 Å². The largest absolute Gasteiger partial charge is 0.493 e. The number of aryl methyl sites for hydroxylation is 1. The van der Waals surface area contributed by atoms with Gasteiger partial charge in [0.05, 0.1) is 14.2 Å². The number of hydrogen-bond donors (Lipinski definition) is 2. The van der Waals surface area contributed by atoms with E-state index >= 15 is 0 Å². The average Bonchev–Trinajstić information content (AvgIpc) is 2.79. The van der Waals surface area contributed by atoms with E-state index in [4.69, 9.17) is 9.47 Å². The second kappa shape index (κ2) is 10.1. The first-order valence-electron chi connectivity index (χ1n) is 9.68. The van der Waals surface area contributed by atoms with Gasteiger partial charge in [-0.3, -0.25) is 9.59 Å². The zero-order chi connectivity index (χ0) is 22.2. The standard InChI is InChI=1S/C25H24N2O4/c1-17-9-12-19(13-10-17)24(28)27-21(25(29)26-20-7-5-4-6-8-20)15-18-11-14-22(30-2)23(16-18)31-3/h4-16H,1-3H3,(H,26,29)(H,27,28)/b21-15-. The second-order valence-electron chi connectivity index (χ2n) is 6.81. The van der Waals surface area contributed by atoms with Crippen molar-refractivity contribution in [2.45, 2.75) is 6.92 Å². The zero-order valence-electron chi connectivity index (χ0n) is 17.6. The Bertz CT molecular complexity index is 1090. The molecule has 6 nitrogen and oxygen atoms in total. The number of carbonyl (C=O) groups excluding carboxylic acids is 2. The molecule has 3 rings (SSSR count). The highest BCUT2D eigenvalue weighted by Crippen LogP contribution is 2.28. The van der Waals surface area contributed by atoms with Crippen molar-refractivity contribution in [3.63, 3.8) is 0 Å². The van der Waals surface area contributed by atoms with Crippen LogP contribution in [0.3, 0.4) is 0 Å². The highest BCUT2D eigenvalue weighted by Gasteiger charge is 2.16. The summed E-state index contributed by atoms with van der Waals surface area (Å²) < 4.78 is 10.6. The van der Waals surface area contributed by atoms with Gasteiger partial charge in [-0.05, 0) is 55.0 Å². The van der Waals surface area contributed by atoms with Crippen molar-refractivity contribution in [3.8, 4) is 11.5 Å². The van der Waals surface area contributed by atoms with Crippen LogP contribution >= 0.6 is 0 Å². The van der Waals surface area contributed by atoms with Crippen LogP contribution in [0.25, 0.3) is 6.08 Å². The Morgan fingerprint density at radius 2 is 1.52 bits per heavy atom. The molecule has 0 radical (unpaired) electrons. The highest BCUT2D eigenvalue weighted by atomic mass is 16.5. The molecule has 0 unspecified atom stereocenters. The number of para-hydroxylation sites is 1. The highest BCUT2D eigenvalue weighted by molar-refractivity contribution is 6.10. The number of hydrogen-bond acceptors (Lipinski definition) is 4. The molecule has 0 aliphatic heterocycles. The number of carbonyl (C=O) groups is 2. The third-order valence-electron chi connectivity index (χ3n) is 4.56. The van der Waals surface area contributed by atoms with Crippen molar-refractivity contribution in [1.29, 1.82) is 0 Å².